The molecule has 1 saturated carbocycles. The lowest BCUT2D eigenvalue weighted by molar-refractivity contribution is 0.0701. The molecule has 21 heavy (non-hydrogen) atoms. The van der Waals surface area contributed by atoms with Crippen LogP contribution in [-0.4, -0.2) is 36.5 Å². The molecule has 1 aromatic rings. The van der Waals surface area contributed by atoms with Crippen molar-refractivity contribution >= 4 is 33.4 Å². The molecular weight excluding hydrogens is 352 g/mol. The van der Waals surface area contributed by atoms with E-state index < -0.39 is 0 Å². The molecule has 0 spiro atoms. The molecule has 1 N–H and O–H groups in total. The fourth-order valence-electron chi connectivity index (χ4n) is 2.92. The minimum absolute atomic E-state index is 0.147. The van der Waals surface area contributed by atoms with Gasteiger partial charge in [-0.3, -0.25) is 4.79 Å². The minimum Gasteiger partial charge on any atom is -0.335 e. The Hall–Kier alpha value is -0.580. The smallest absolute Gasteiger partial charge is 0.254 e. The predicted octanol–water partition coefficient (Wildman–Crippen LogP) is 3.71. The standard InChI is InChI=1S/C16H20BrClN2O/c17-14-9-12(1-4-15(14)18)16(21)20(13-2-3-13)10-11-5-7-19-8-6-11/h1,4,9,11,13,19H,2-3,5-8,10H2. The van der Waals surface area contributed by atoms with Crippen molar-refractivity contribution in [3.05, 3.63) is 33.3 Å². The largest absolute Gasteiger partial charge is 0.335 e. The molecule has 0 bridgehead atoms. The normalized spacial score (nSPS) is 19.5. The van der Waals surface area contributed by atoms with Crippen molar-refractivity contribution in [2.45, 2.75) is 31.7 Å². The van der Waals surface area contributed by atoms with Crippen molar-refractivity contribution in [2.75, 3.05) is 19.6 Å². The zero-order valence-electron chi connectivity index (χ0n) is 11.9. The molecule has 0 unspecified atom stereocenters. The van der Waals surface area contributed by atoms with Gasteiger partial charge in [-0.2, -0.15) is 0 Å². The maximum atomic E-state index is 12.8. The van der Waals surface area contributed by atoms with Crippen molar-refractivity contribution in [3.8, 4) is 0 Å². The zero-order chi connectivity index (χ0) is 14.8. The highest BCUT2D eigenvalue weighted by Gasteiger charge is 2.34. The Balaban J connectivity index is 1.73. The summed E-state index contributed by atoms with van der Waals surface area (Å²) in [6.07, 6.45) is 4.62. The summed E-state index contributed by atoms with van der Waals surface area (Å²) < 4.78 is 0.785. The van der Waals surface area contributed by atoms with Crippen LogP contribution in [0.4, 0.5) is 0 Å². The third kappa shape index (κ3) is 3.79. The van der Waals surface area contributed by atoms with E-state index in [9.17, 15) is 4.79 Å². The Morgan fingerprint density at radius 2 is 2.00 bits per heavy atom. The van der Waals surface area contributed by atoms with Crippen LogP contribution >= 0.6 is 27.5 Å². The molecule has 1 aliphatic carbocycles. The number of carbonyl (C=O) groups excluding carboxylic acids is 1. The van der Waals surface area contributed by atoms with Gasteiger partial charge in [0, 0.05) is 22.6 Å². The third-order valence-corrected chi connectivity index (χ3v) is 5.54. The van der Waals surface area contributed by atoms with E-state index >= 15 is 0 Å². The molecule has 3 rings (SSSR count). The highest BCUT2D eigenvalue weighted by molar-refractivity contribution is 9.10. The van der Waals surface area contributed by atoms with Gasteiger partial charge in [-0.05, 0) is 78.8 Å². The lowest BCUT2D eigenvalue weighted by Gasteiger charge is -2.30. The molecule has 0 aromatic heterocycles. The quantitative estimate of drug-likeness (QED) is 0.875. The van der Waals surface area contributed by atoms with Gasteiger partial charge in [0.2, 0.25) is 0 Å². The molecule has 0 radical (unpaired) electrons. The van der Waals surface area contributed by atoms with Crippen LogP contribution in [0.3, 0.4) is 0 Å². The molecular formula is C16H20BrClN2O. The van der Waals surface area contributed by atoms with Crippen molar-refractivity contribution in [3.63, 3.8) is 0 Å². The second-order valence-corrected chi connectivity index (χ2v) is 7.27. The SMILES string of the molecule is O=C(c1ccc(Cl)c(Br)c1)N(CC1CCNCC1)C1CC1. The van der Waals surface area contributed by atoms with Crippen molar-refractivity contribution < 1.29 is 4.79 Å². The molecule has 2 aliphatic rings. The summed E-state index contributed by atoms with van der Waals surface area (Å²) in [5, 5.41) is 4.02. The summed E-state index contributed by atoms with van der Waals surface area (Å²) in [5.41, 5.74) is 0.729. The Morgan fingerprint density at radius 3 is 2.62 bits per heavy atom. The number of nitrogens with one attached hydrogen (secondary N) is 1. The zero-order valence-corrected chi connectivity index (χ0v) is 14.3. The van der Waals surface area contributed by atoms with E-state index in [1.807, 2.05) is 12.1 Å². The van der Waals surface area contributed by atoms with E-state index in [4.69, 9.17) is 11.6 Å². The van der Waals surface area contributed by atoms with Gasteiger partial charge in [-0.1, -0.05) is 11.6 Å². The van der Waals surface area contributed by atoms with E-state index in [1.165, 1.54) is 12.8 Å². The minimum atomic E-state index is 0.147. The summed E-state index contributed by atoms with van der Waals surface area (Å²) in [5.74, 6) is 0.778. The topological polar surface area (TPSA) is 32.3 Å². The second-order valence-electron chi connectivity index (χ2n) is 6.01. The average Bonchev–Trinajstić information content (AvgIpc) is 3.33. The van der Waals surface area contributed by atoms with Gasteiger partial charge < -0.3 is 10.2 Å². The van der Waals surface area contributed by atoms with Gasteiger partial charge in [0.15, 0.2) is 0 Å². The first-order chi connectivity index (χ1) is 10.1. The van der Waals surface area contributed by atoms with Crippen molar-refractivity contribution in [1.29, 1.82) is 0 Å². The second kappa shape index (κ2) is 6.67. The summed E-state index contributed by atoms with van der Waals surface area (Å²) in [6.45, 7) is 3.04. The Labute approximate surface area is 139 Å². The fourth-order valence-corrected chi connectivity index (χ4v) is 3.42. The molecule has 1 amide bonds. The van der Waals surface area contributed by atoms with Gasteiger partial charge in [0.05, 0.1) is 5.02 Å². The van der Waals surface area contributed by atoms with Crippen molar-refractivity contribution in [2.24, 2.45) is 5.92 Å². The van der Waals surface area contributed by atoms with Gasteiger partial charge in [0.25, 0.3) is 5.91 Å². The van der Waals surface area contributed by atoms with Crippen LogP contribution in [0.25, 0.3) is 0 Å². The molecule has 0 atom stereocenters. The van der Waals surface area contributed by atoms with Crippen LogP contribution in [0, 0.1) is 5.92 Å². The van der Waals surface area contributed by atoms with Crippen LogP contribution in [-0.2, 0) is 0 Å². The van der Waals surface area contributed by atoms with E-state index in [0.29, 0.717) is 17.0 Å². The van der Waals surface area contributed by atoms with Crippen LogP contribution in [0.5, 0.6) is 0 Å². The molecule has 1 saturated heterocycles. The molecule has 1 aliphatic heterocycles. The Morgan fingerprint density at radius 1 is 1.29 bits per heavy atom. The van der Waals surface area contributed by atoms with Gasteiger partial charge in [-0.15, -0.1) is 0 Å². The van der Waals surface area contributed by atoms with E-state index in [1.54, 1.807) is 6.07 Å². The third-order valence-electron chi connectivity index (χ3n) is 4.33. The highest BCUT2D eigenvalue weighted by Crippen LogP contribution is 2.31. The first-order valence-electron chi connectivity index (χ1n) is 7.62. The van der Waals surface area contributed by atoms with Crippen LogP contribution in [0.1, 0.15) is 36.0 Å². The molecule has 114 valence electrons. The number of hydrogen-bond donors (Lipinski definition) is 1. The molecule has 2 fully saturated rings. The van der Waals surface area contributed by atoms with Crippen molar-refractivity contribution in [1.82, 2.24) is 10.2 Å². The van der Waals surface area contributed by atoms with Gasteiger partial charge in [-0.25, -0.2) is 0 Å². The number of amides is 1. The number of carbonyl (C=O) groups is 1. The number of hydrogen-bond acceptors (Lipinski definition) is 2. The molecule has 1 aromatic carbocycles. The van der Waals surface area contributed by atoms with Crippen LogP contribution < -0.4 is 5.32 Å². The summed E-state index contributed by atoms with van der Waals surface area (Å²) in [7, 11) is 0. The van der Waals surface area contributed by atoms with Gasteiger partial charge in [0.1, 0.15) is 0 Å². The summed E-state index contributed by atoms with van der Waals surface area (Å²) in [6, 6.07) is 5.89. The monoisotopic (exact) mass is 370 g/mol. The molecule has 1 heterocycles. The lowest BCUT2D eigenvalue weighted by Crippen LogP contribution is -2.40. The summed E-state index contributed by atoms with van der Waals surface area (Å²) >= 11 is 9.42. The van der Waals surface area contributed by atoms with E-state index in [2.05, 4.69) is 26.1 Å². The first kappa shape index (κ1) is 15.3. The Kier molecular flexibility index (Phi) is 4.87. The van der Waals surface area contributed by atoms with Crippen LogP contribution in [0.2, 0.25) is 5.02 Å². The molecule has 3 nitrogen and oxygen atoms in total. The lowest BCUT2D eigenvalue weighted by atomic mass is 9.97. The predicted molar refractivity (Wildman–Crippen MR) is 88.8 cm³/mol. The van der Waals surface area contributed by atoms with Crippen LogP contribution in [0.15, 0.2) is 22.7 Å². The first-order valence-corrected chi connectivity index (χ1v) is 8.79. The highest BCUT2D eigenvalue weighted by atomic mass is 79.9. The molecule has 5 heteroatoms. The maximum absolute atomic E-state index is 12.8. The fraction of sp³-hybridized carbons (Fsp3) is 0.562. The van der Waals surface area contributed by atoms with E-state index in [-0.39, 0.29) is 5.91 Å². The number of benzene rings is 1. The Bertz CT molecular complexity index is 527. The van der Waals surface area contributed by atoms with E-state index in [0.717, 1.165) is 42.5 Å². The summed E-state index contributed by atoms with van der Waals surface area (Å²) in [4.78, 5) is 14.9. The number of rotatable bonds is 4. The number of piperidine rings is 1. The average molecular weight is 372 g/mol. The number of nitrogens with zero attached hydrogens (tertiary/aromatic N) is 1. The number of halogens is 2. The van der Waals surface area contributed by atoms with Gasteiger partial charge >= 0.3 is 0 Å². The maximum Gasteiger partial charge on any atom is 0.254 e.